The first kappa shape index (κ1) is 14.7. The predicted molar refractivity (Wildman–Crippen MR) is 102 cm³/mol. The van der Waals surface area contributed by atoms with Crippen LogP contribution in [0.25, 0.3) is 33.7 Å². The molecule has 2 heteroatoms. The van der Waals surface area contributed by atoms with Gasteiger partial charge in [0, 0.05) is 0 Å². The highest BCUT2D eigenvalue weighted by Crippen LogP contribution is 2.24. The Morgan fingerprint density at radius 2 is 0.955 bits per heavy atom. The van der Waals surface area contributed by atoms with Crippen LogP contribution in [0.2, 0.25) is 0 Å². The molecule has 0 nitrogen and oxygen atoms in total. The van der Waals surface area contributed by atoms with Crippen molar-refractivity contribution in [3.8, 4) is 0 Å². The number of rotatable bonds is 2. The van der Waals surface area contributed by atoms with E-state index in [0.29, 0.717) is 0 Å². The monoisotopic (exact) mass is 278 g/mol. The zero-order valence-corrected chi connectivity index (χ0v) is 12.9. The minimum Gasteiger partial charge on any atom is -0.0890 e. The van der Waals surface area contributed by atoms with Gasteiger partial charge < -0.3 is 0 Å². The van der Waals surface area contributed by atoms with Crippen molar-refractivity contribution < 1.29 is 0 Å². The molecule has 3 aromatic carbocycles. The molecule has 4 radical (unpaired) electrons. The second-order valence-corrected chi connectivity index (χ2v) is 5.51. The van der Waals surface area contributed by atoms with Crippen molar-refractivity contribution >= 4 is 60.3 Å². The fraction of sp³-hybridized carbons (Fsp3) is 0.100. The summed E-state index contributed by atoms with van der Waals surface area (Å²) in [6.45, 7) is 3.99. The van der Waals surface area contributed by atoms with E-state index in [1.54, 1.807) is 0 Å². The van der Waals surface area contributed by atoms with E-state index in [4.69, 9.17) is 15.7 Å². The molecule has 0 spiro atoms. The Balaban J connectivity index is 2.31. The first-order chi connectivity index (χ1) is 10.6. The van der Waals surface area contributed by atoms with E-state index in [2.05, 4.69) is 24.3 Å². The van der Waals surface area contributed by atoms with Gasteiger partial charge in [-0.3, -0.25) is 0 Å². The maximum Gasteiger partial charge on any atom is 0.114 e. The highest BCUT2D eigenvalue weighted by Gasteiger charge is 2.04. The Morgan fingerprint density at radius 1 is 0.591 bits per heavy atom. The third-order valence-corrected chi connectivity index (χ3v) is 3.89. The third-order valence-electron chi connectivity index (χ3n) is 3.89. The SMILES string of the molecule is [B]c1cc2cc3cc([B])c(C=CC)cc3cc2cc1C=CC. The number of fused-ring (bicyclic) bond motifs is 2. The summed E-state index contributed by atoms with van der Waals surface area (Å²) in [6, 6.07) is 12.7. The molecular weight excluding hydrogens is 262 g/mol. The van der Waals surface area contributed by atoms with Gasteiger partial charge in [-0.1, -0.05) is 47.4 Å². The molecule has 0 atom stereocenters. The van der Waals surface area contributed by atoms with E-state index in [1.807, 2.05) is 50.3 Å². The molecule has 0 aromatic heterocycles. The van der Waals surface area contributed by atoms with Crippen LogP contribution in [0.3, 0.4) is 0 Å². The Labute approximate surface area is 134 Å². The third kappa shape index (κ3) is 2.62. The molecule has 0 heterocycles. The molecule has 0 aliphatic rings. The van der Waals surface area contributed by atoms with Crippen molar-refractivity contribution in [3.05, 3.63) is 59.7 Å². The van der Waals surface area contributed by atoms with Crippen molar-refractivity contribution in [2.75, 3.05) is 0 Å². The standard InChI is InChI=1S/C20H16B2/c1-3-5-13-7-15-9-16-8-14(6-4-2)20(22)12-18(16)10-17(15)11-19(13)21/h3-12H,1-2H3. The fourth-order valence-corrected chi connectivity index (χ4v) is 2.82. The Kier molecular flexibility index (Phi) is 3.94. The molecular formula is C20H16B2. The quantitative estimate of drug-likeness (QED) is 0.496. The van der Waals surface area contributed by atoms with Gasteiger partial charge in [-0.25, -0.2) is 0 Å². The summed E-state index contributed by atoms with van der Waals surface area (Å²) >= 11 is 0. The summed E-state index contributed by atoms with van der Waals surface area (Å²) in [5.41, 5.74) is 3.70. The number of benzene rings is 3. The van der Waals surface area contributed by atoms with Crippen molar-refractivity contribution in [1.29, 1.82) is 0 Å². The van der Waals surface area contributed by atoms with Crippen LogP contribution in [0.1, 0.15) is 25.0 Å². The molecule has 0 aliphatic heterocycles. The summed E-state index contributed by atoms with van der Waals surface area (Å²) in [6.07, 6.45) is 8.08. The second-order valence-electron chi connectivity index (χ2n) is 5.51. The van der Waals surface area contributed by atoms with Gasteiger partial charge in [0.25, 0.3) is 0 Å². The maximum absolute atomic E-state index is 6.13. The number of hydrogen-bond donors (Lipinski definition) is 0. The van der Waals surface area contributed by atoms with E-state index < -0.39 is 0 Å². The van der Waals surface area contributed by atoms with E-state index in [0.717, 1.165) is 32.8 Å². The minimum atomic E-state index is 0.795. The lowest BCUT2D eigenvalue weighted by Crippen LogP contribution is -2.08. The highest BCUT2D eigenvalue weighted by atomic mass is 14.1. The van der Waals surface area contributed by atoms with Crippen molar-refractivity contribution in [1.82, 2.24) is 0 Å². The number of allylic oxidation sites excluding steroid dienone is 2. The van der Waals surface area contributed by atoms with Crippen LogP contribution < -0.4 is 10.9 Å². The predicted octanol–water partition coefficient (Wildman–Crippen LogP) is 3.65. The average molecular weight is 278 g/mol. The largest absolute Gasteiger partial charge is 0.114 e. The van der Waals surface area contributed by atoms with Crippen LogP contribution in [-0.4, -0.2) is 15.7 Å². The number of hydrogen-bond acceptors (Lipinski definition) is 0. The Hall–Kier alpha value is -2.21. The van der Waals surface area contributed by atoms with Gasteiger partial charge in [0.2, 0.25) is 0 Å². The molecule has 0 N–H and O–H groups in total. The van der Waals surface area contributed by atoms with Gasteiger partial charge in [-0.05, 0) is 70.8 Å². The first-order valence-corrected chi connectivity index (χ1v) is 7.44. The summed E-state index contributed by atoms with van der Waals surface area (Å²) in [4.78, 5) is 0. The molecule has 0 aliphatic carbocycles. The van der Waals surface area contributed by atoms with Gasteiger partial charge in [-0.15, -0.1) is 0 Å². The molecule has 0 saturated heterocycles. The lowest BCUT2D eigenvalue weighted by Gasteiger charge is -2.10. The zero-order valence-electron chi connectivity index (χ0n) is 12.9. The smallest absolute Gasteiger partial charge is 0.0890 e. The van der Waals surface area contributed by atoms with Gasteiger partial charge >= 0.3 is 0 Å². The van der Waals surface area contributed by atoms with Crippen LogP contribution in [0, 0.1) is 0 Å². The summed E-state index contributed by atoms with van der Waals surface area (Å²) in [5, 5.41) is 4.64. The lowest BCUT2D eigenvalue weighted by molar-refractivity contribution is 1.72. The average Bonchev–Trinajstić information content (AvgIpc) is 2.48. The van der Waals surface area contributed by atoms with Crippen LogP contribution in [0.5, 0.6) is 0 Å². The van der Waals surface area contributed by atoms with Crippen LogP contribution in [0.15, 0.2) is 48.6 Å². The molecule has 3 rings (SSSR count). The maximum atomic E-state index is 6.13. The van der Waals surface area contributed by atoms with Crippen molar-refractivity contribution in [2.45, 2.75) is 13.8 Å². The van der Waals surface area contributed by atoms with Crippen LogP contribution >= 0.6 is 0 Å². The van der Waals surface area contributed by atoms with Gasteiger partial charge in [-0.2, -0.15) is 0 Å². The lowest BCUT2D eigenvalue weighted by atomic mass is 9.85. The Bertz CT molecular complexity index is 845. The molecule has 3 aromatic rings. The highest BCUT2D eigenvalue weighted by molar-refractivity contribution is 6.36. The molecule has 0 amide bonds. The first-order valence-electron chi connectivity index (χ1n) is 7.44. The Morgan fingerprint density at radius 3 is 1.32 bits per heavy atom. The van der Waals surface area contributed by atoms with E-state index in [-0.39, 0.29) is 0 Å². The summed E-state index contributed by atoms with van der Waals surface area (Å²) in [5.74, 6) is 0. The molecule has 0 unspecified atom stereocenters. The molecule has 0 fully saturated rings. The fourth-order valence-electron chi connectivity index (χ4n) is 2.82. The summed E-state index contributed by atoms with van der Waals surface area (Å²) in [7, 11) is 12.3. The zero-order chi connectivity index (χ0) is 15.7. The normalized spacial score (nSPS) is 12.1. The van der Waals surface area contributed by atoms with Crippen molar-refractivity contribution in [2.24, 2.45) is 0 Å². The van der Waals surface area contributed by atoms with Gasteiger partial charge in [0.15, 0.2) is 0 Å². The summed E-state index contributed by atoms with van der Waals surface area (Å²) < 4.78 is 0. The molecule has 102 valence electrons. The topological polar surface area (TPSA) is 0 Å². The second kappa shape index (κ2) is 5.88. The molecule has 0 saturated carbocycles. The van der Waals surface area contributed by atoms with Crippen molar-refractivity contribution in [3.63, 3.8) is 0 Å². The molecule has 22 heavy (non-hydrogen) atoms. The molecule has 0 bridgehead atoms. The van der Waals surface area contributed by atoms with Crippen LogP contribution in [-0.2, 0) is 0 Å². The van der Waals surface area contributed by atoms with Crippen LogP contribution in [0.4, 0.5) is 0 Å². The minimum absolute atomic E-state index is 0.795. The van der Waals surface area contributed by atoms with Gasteiger partial charge in [0.1, 0.15) is 15.7 Å². The van der Waals surface area contributed by atoms with Gasteiger partial charge in [0.05, 0.1) is 0 Å². The van der Waals surface area contributed by atoms with E-state index >= 15 is 0 Å². The van der Waals surface area contributed by atoms with E-state index in [9.17, 15) is 0 Å². The van der Waals surface area contributed by atoms with E-state index in [1.165, 1.54) is 10.8 Å².